The molecule has 0 saturated heterocycles. The van der Waals surface area contributed by atoms with Crippen molar-refractivity contribution in [3.8, 4) is 5.75 Å². The molecule has 0 fully saturated rings. The molecule has 0 radical (unpaired) electrons. The number of carbonyl (C=O) groups excluding carboxylic acids is 1. The second-order valence-electron chi connectivity index (χ2n) is 5.16. The van der Waals surface area contributed by atoms with Gasteiger partial charge in [0, 0.05) is 12.1 Å². The Morgan fingerprint density at radius 2 is 2.19 bits per heavy atom. The smallest absolute Gasteiger partial charge is 0.227 e. The number of benzene rings is 1. The molecular weight excluding hydrogens is 268 g/mol. The third-order valence-corrected chi connectivity index (χ3v) is 3.83. The minimum absolute atomic E-state index is 0.110. The third-order valence-electron chi connectivity index (χ3n) is 3.83. The summed E-state index contributed by atoms with van der Waals surface area (Å²) in [4.78, 5) is 14.2. The molecule has 2 aromatic rings. The third kappa shape index (κ3) is 2.69. The number of rotatable bonds is 3. The summed E-state index contributed by atoms with van der Waals surface area (Å²) in [6.45, 7) is 1.24. The molecule has 0 unspecified atom stereocenters. The van der Waals surface area contributed by atoms with Crippen molar-refractivity contribution in [2.75, 3.05) is 19.4 Å². The Labute approximate surface area is 122 Å². The molecule has 0 aliphatic carbocycles. The lowest BCUT2D eigenvalue weighted by Crippen LogP contribution is -2.36. The van der Waals surface area contributed by atoms with Gasteiger partial charge < -0.3 is 15.4 Å². The maximum absolute atomic E-state index is 12.4. The van der Waals surface area contributed by atoms with E-state index < -0.39 is 0 Å². The lowest BCUT2D eigenvalue weighted by molar-refractivity contribution is -0.131. The number of aromatic amines is 1. The summed E-state index contributed by atoms with van der Waals surface area (Å²) in [5, 5.41) is 6.90. The van der Waals surface area contributed by atoms with Crippen molar-refractivity contribution >= 4 is 11.7 Å². The first-order valence-corrected chi connectivity index (χ1v) is 6.89. The number of hydrogen-bond donors (Lipinski definition) is 2. The van der Waals surface area contributed by atoms with Crippen LogP contribution in [0.1, 0.15) is 16.8 Å². The van der Waals surface area contributed by atoms with Crippen LogP contribution in [0, 0.1) is 0 Å². The van der Waals surface area contributed by atoms with Gasteiger partial charge in [-0.3, -0.25) is 9.89 Å². The fourth-order valence-electron chi connectivity index (χ4n) is 2.59. The molecule has 3 N–H and O–H groups in total. The van der Waals surface area contributed by atoms with Crippen LogP contribution >= 0.6 is 0 Å². The highest BCUT2D eigenvalue weighted by atomic mass is 16.5. The van der Waals surface area contributed by atoms with Gasteiger partial charge in [-0.2, -0.15) is 5.10 Å². The number of carbonyl (C=O) groups is 1. The average Bonchev–Trinajstić information content (AvgIpc) is 2.89. The Morgan fingerprint density at radius 3 is 2.90 bits per heavy atom. The number of aromatic nitrogens is 2. The lowest BCUT2D eigenvalue weighted by Gasteiger charge is -2.26. The van der Waals surface area contributed by atoms with E-state index >= 15 is 0 Å². The molecule has 6 nitrogen and oxygen atoms in total. The molecule has 110 valence electrons. The quantitative estimate of drug-likeness (QED) is 0.886. The summed E-state index contributed by atoms with van der Waals surface area (Å²) in [5.41, 5.74) is 8.75. The summed E-state index contributed by atoms with van der Waals surface area (Å²) in [6.07, 6.45) is 1.15. The summed E-state index contributed by atoms with van der Waals surface area (Å²) in [6, 6.07) is 7.57. The summed E-state index contributed by atoms with van der Waals surface area (Å²) in [7, 11) is 1.63. The monoisotopic (exact) mass is 286 g/mol. The zero-order valence-electron chi connectivity index (χ0n) is 11.9. The molecule has 0 saturated carbocycles. The Balaban J connectivity index is 1.66. The number of methoxy groups -OCH3 is 1. The van der Waals surface area contributed by atoms with E-state index in [1.165, 1.54) is 0 Å². The van der Waals surface area contributed by atoms with Crippen molar-refractivity contribution in [3.05, 3.63) is 41.1 Å². The van der Waals surface area contributed by atoms with Crippen LogP contribution in [-0.2, 0) is 24.2 Å². The highest BCUT2D eigenvalue weighted by Gasteiger charge is 2.24. The lowest BCUT2D eigenvalue weighted by atomic mass is 10.1. The van der Waals surface area contributed by atoms with Crippen molar-refractivity contribution in [2.45, 2.75) is 19.4 Å². The Bertz CT molecular complexity index is 648. The topological polar surface area (TPSA) is 84.2 Å². The molecule has 3 rings (SSSR count). The van der Waals surface area contributed by atoms with Crippen molar-refractivity contribution in [3.63, 3.8) is 0 Å². The van der Waals surface area contributed by atoms with Gasteiger partial charge in [-0.05, 0) is 24.1 Å². The van der Waals surface area contributed by atoms with E-state index in [2.05, 4.69) is 10.2 Å². The van der Waals surface area contributed by atoms with Gasteiger partial charge in [0.05, 0.1) is 25.8 Å². The Kier molecular flexibility index (Phi) is 3.51. The number of fused-ring (bicyclic) bond motifs is 1. The number of amides is 1. The minimum atomic E-state index is 0.110. The van der Waals surface area contributed by atoms with E-state index in [0.29, 0.717) is 25.3 Å². The second kappa shape index (κ2) is 5.47. The summed E-state index contributed by atoms with van der Waals surface area (Å²) < 4.78 is 5.11. The van der Waals surface area contributed by atoms with E-state index in [1.807, 2.05) is 29.2 Å². The van der Waals surface area contributed by atoms with Gasteiger partial charge in [-0.1, -0.05) is 12.1 Å². The van der Waals surface area contributed by atoms with Crippen LogP contribution in [0.2, 0.25) is 0 Å². The number of nitrogens with zero attached hydrogens (tertiary/aromatic N) is 2. The molecule has 0 spiro atoms. The van der Waals surface area contributed by atoms with Crippen LogP contribution in [-0.4, -0.2) is 34.7 Å². The van der Waals surface area contributed by atoms with Crippen LogP contribution in [0.25, 0.3) is 0 Å². The number of nitrogen functional groups attached to an aromatic ring is 1. The van der Waals surface area contributed by atoms with Crippen LogP contribution in [0.3, 0.4) is 0 Å². The normalized spacial score (nSPS) is 13.9. The van der Waals surface area contributed by atoms with Gasteiger partial charge in [0.1, 0.15) is 11.6 Å². The molecule has 2 heterocycles. The molecular formula is C15H18N4O2. The van der Waals surface area contributed by atoms with Gasteiger partial charge in [0.25, 0.3) is 0 Å². The van der Waals surface area contributed by atoms with E-state index in [0.717, 1.165) is 29.0 Å². The van der Waals surface area contributed by atoms with Gasteiger partial charge in [-0.25, -0.2) is 0 Å². The molecule has 0 bridgehead atoms. The fourth-order valence-corrected chi connectivity index (χ4v) is 2.59. The zero-order chi connectivity index (χ0) is 14.8. The van der Waals surface area contributed by atoms with E-state index in [9.17, 15) is 4.79 Å². The van der Waals surface area contributed by atoms with Crippen molar-refractivity contribution < 1.29 is 9.53 Å². The predicted molar refractivity (Wildman–Crippen MR) is 78.8 cm³/mol. The molecule has 1 aliphatic rings. The van der Waals surface area contributed by atoms with Gasteiger partial charge in [0.15, 0.2) is 0 Å². The predicted octanol–water partition coefficient (Wildman–Crippen LogP) is 1.13. The molecule has 1 amide bonds. The Hall–Kier alpha value is -2.50. The van der Waals surface area contributed by atoms with E-state index in [1.54, 1.807) is 7.11 Å². The molecule has 1 aliphatic heterocycles. The first kappa shape index (κ1) is 13.5. The first-order chi connectivity index (χ1) is 10.2. The number of hydrogen-bond acceptors (Lipinski definition) is 4. The minimum Gasteiger partial charge on any atom is -0.497 e. The molecule has 0 atom stereocenters. The van der Waals surface area contributed by atoms with E-state index in [4.69, 9.17) is 10.5 Å². The number of nitrogens with one attached hydrogen (secondary N) is 1. The van der Waals surface area contributed by atoms with Crippen molar-refractivity contribution in [2.24, 2.45) is 0 Å². The average molecular weight is 286 g/mol. The number of anilines is 1. The molecule has 21 heavy (non-hydrogen) atoms. The molecule has 1 aromatic carbocycles. The fraction of sp³-hybridized carbons (Fsp3) is 0.333. The largest absolute Gasteiger partial charge is 0.497 e. The van der Waals surface area contributed by atoms with Crippen LogP contribution < -0.4 is 10.5 Å². The molecule has 1 aromatic heterocycles. The van der Waals surface area contributed by atoms with Crippen LogP contribution in [0.5, 0.6) is 5.75 Å². The van der Waals surface area contributed by atoms with Gasteiger partial charge in [0.2, 0.25) is 5.91 Å². The maximum atomic E-state index is 12.4. The van der Waals surface area contributed by atoms with E-state index in [-0.39, 0.29) is 5.91 Å². The SMILES string of the molecule is COc1ccc(CC(=O)N2CCc3c(N)n[nH]c3C2)cc1. The zero-order valence-corrected chi connectivity index (χ0v) is 11.9. The first-order valence-electron chi connectivity index (χ1n) is 6.89. The van der Waals surface area contributed by atoms with Gasteiger partial charge >= 0.3 is 0 Å². The molecule has 6 heteroatoms. The van der Waals surface area contributed by atoms with Crippen molar-refractivity contribution in [1.82, 2.24) is 15.1 Å². The summed E-state index contributed by atoms with van der Waals surface area (Å²) >= 11 is 0. The number of ether oxygens (including phenoxy) is 1. The Morgan fingerprint density at radius 1 is 1.43 bits per heavy atom. The number of H-pyrrole nitrogens is 1. The number of nitrogens with two attached hydrogens (primary N) is 1. The highest BCUT2D eigenvalue weighted by molar-refractivity contribution is 5.79. The second-order valence-corrected chi connectivity index (χ2v) is 5.16. The standard InChI is InChI=1S/C15H18N4O2/c1-21-11-4-2-10(3-5-11)8-14(20)19-7-6-12-13(9-19)17-18-15(12)16/h2-5H,6-9H2,1H3,(H3,16,17,18). The summed E-state index contributed by atoms with van der Waals surface area (Å²) in [5.74, 6) is 1.45. The van der Waals surface area contributed by atoms with Crippen molar-refractivity contribution in [1.29, 1.82) is 0 Å². The van der Waals surface area contributed by atoms with Crippen LogP contribution in [0.4, 0.5) is 5.82 Å². The van der Waals surface area contributed by atoms with Gasteiger partial charge in [-0.15, -0.1) is 0 Å². The maximum Gasteiger partial charge on any atom is 0.227 e. The highest BCUT2D eigenvalue weighted by Crippen LogP contribution is 2.22. The van der Waals surface area contributed by atoms with Crippen LogP contribution in [0.15, 0.2) is 24.3 Å².